The molecule has 7 heteroatoms. The van der Waals surface area contributed by atoms with Crippen LogP contribution in [0.25, 0.3) is 0 Å². The fourth-order valence-corrected chi connectivity index (χ4v) is 1.96. The van der Waals surface area contributed by atoms with Crippen molar-refractivity contribution in [3.05, 3.63) is 22.3 Å². The summed E-state index contributed by atoms with van der Waals surface area (Å²) in [6.07, 6.45) is 1.43. The summed E-state index contributed by atoms with van der Waals surface area (Å²) in [5.41, 5.74) is -0.120. The minimum absolute atomic E-state index is 0.0871. The van der Waals surface area contributed by atoms with Crippen molar-refractivity contribution in [1.82, 2.24) is 0 Å². The third-order valence-corrected chi connectivity index (χ3v) is 3.18. The van der Waals surface area contributed by atoms with E-state index in [1.807, 2.05) is 0 Å². The first kappa shape index (κ1) is 19.0. The van der Waals surface area contributed by atoms with Gasteiger partial charge in [-0.15, -0.1) is 0 Å². The van der Waals surface area contributed by atoms with Crippen LogP contribution in [0.3, 0.4) is 0 Å². The molecule has 117 valence electrons. The van der Waals surface area contributed by atoms with Crippen molar-refractivity contribution in [2.45, 2.75) is 26.7 Å². The summed E-state index contributed by atoms with van der Waals surface area (Å²) in [5, 5.41) is 36.1. The number of carboxylic acids is 2. The largest absolute Gasteiger partial charge is 0.478 e. The van der Waals surface area contributed by atoms with Crippen molar-refractivity contribution in [2.24, 2.45) is 5.92 Å². The maximum absolute atomic E-state index is 11.2. The van der Waals surface area contributed by atoms with E-state index in [1.165, 1.54) is 13.8 Å². The van der Waals surface area contributed by atoms with Gasteiger partial charge in [-0.2, -0.15) is 0 Å². The summed E-state index contributed by atoms with van der Waals surface area (Å²) in [7, 11) is 0. The van der Waals surface area contributed by atoms with Crippen LogP contribution in [0.15, 0.2) is 22.3 Å². The van der Waals surface area contributed by atoms with Crippen molar-refractivity contribution in [3.8, 4) is 0 Å². The molecule has 1 radical (unpaired) electrons. The Morgan fingerprint density at radius 1 is 0.905 bits per heavy atom. The van der Waals surface area contributed by atoms with Crippen LogP contribution in [0.1, 0.15) is 26.7 Å². The molecule has 7 nitrogen and oxygen atoms in total. The van der Waals surface area contributed by atoms with E-state index in [9.17, 15) is 14.4 Å². The Labute approximate surface area is 122 Å². The molecule has 0 aromatic heterocycles. The van der Waals surface area contributed by atoms with Gasteiger partial charge in [-0.3, -0.25) is 4.79 Å². The van der Waals surface area contributed by atoms with Crippen LogP contribution < -0.4 is 0 Å². The molecule has 0 aliphatic carbocycles. The highest BCUT2D eigenvalue weighted by atomic mass is 16.4. The van der Waals surface area contributed by atoms with Gasteiger partial charge in [0.15, 0.2) is 0 Å². The third kappa shape index (κ3) is 5.13. The lowest BCUT2D eigenvalue weighted by atomic mass is 9.83. The Morgan fingerprint density at radius 2 is 1.24 bits per heavy atom. The Hall–Kier alpha value is -1.99. The number of carbonyl (C=O) groups excluding carboxylic acids is 1. The highest BCUT2D eigenvalue weighted by Crippen LogP contribution is 2.29. The molecule has 0 aliphatic heterocycles. The summed E-state index contributed by atoms with van der Waals surface area (Å²) in [5.74, 6) is -3.75. The average molecular weight is 299 g/mol. The molecule has 0 saturated carbocycles. The average Bonchev–Trinajstić information content (AvgIpc) is 2.44. The first-order chi connectivity index (χ1) is 9.81. The molecule has 0 saturated heterocycles. The first-order valence-electron chi connectivity index (χ1n) is 6.27. The van der Waals surface area contributed by atoms with E-state index >= 15 is 0 Å². The van der Waals surface area contributed by atoms with Crippen LogP contribution in [0, 0.1) is 5.92 Å². The van der Waals surface area contributed by atoms with Crippen molar-refractivity contribution in [2.75, 3.05) is 13.2 Å². The van der Waals surface area contributed by atoms with Gasteiger partial charge in [0.25, 0.3) is 0 Å². The predicted octanol–water partition coefficient (Wildman–Crippen LogP) is 0.279. The normalized spacial score (nSPS) is 14.9. The highest BCUT2D eigenvalue weighted by molar-refractivity contribution is 5.90. The number of hydrogen-bond acceptors (Lipinski definition) is 5. The van der Waals surface area contributed by atoms with Gasteiger partial charge in [-0.05, 0) is 37.8 Å². The summed E-state index contributed by atoms with van der Waals surface area (Å²) in [6.45, 7) is 1.75. The van der Waals surface area contributed by atoms with E-state index in [0.717, 1.165) is 0 Å². The van der Waals surface area contributed by atoms with E-state index in [2.05, 4.69) is 0 Å². The van der Waals surface area contributed by atoms with Gasteiger partial charge in [0.05, 0.1) is 5.92 Å². The van der Waals surface area contributed by atoms with E-state index in [-0.39, 0.29) is 35.1 Å². The molecule has 0 spiro atoms. The lowest BCUT2D eigenvalue weighted by molar-refractivity contribution is -0.133. The van der Waals surface area contributed by atoms with Crippen molar-refractivity contribution < 1.29 is 34.8 Å². The molecule has 0 aromatic rings. The summed E-state index contributed by atoms with van der Waals surface area (Å²) < 4.78 is 0. The SMILES string of the molecule is CC(C(=O)O)=C(CCO)C([C]=O)C(CCO)=C(C)C(=O)O. The molecule has 0 bridgehead atoms. The second-order valence-corrected chi connectivity index (χ2v) is 4.41. The van der Waals surface area contributed by atoms with Crippen LogP contribution in [-0.2, 0) is 14.4 Å². The number of rotatable bonds is 9. The standard InChI is InChI=1S/C14H19O7/c1-8(13(18)19)10(3-5-15)12(7-17)11(4-6-16)9(2)14(20)21/h12,15-16H,3-6H2,1-2H3,(H,18,19)(H,20,21). The molecule has 0 fully saturated rings. The number of carbonyl (C=O) groups is 2. The molecule has 0 atom stereocenters. The maximum atomic E-state index is 11.2. The second kappa shape index (κ2) is 9.04. The zero-order valence-electron chi connectivity index (χ0n) is 11.9. The van der Waals surface area contributed by atoms with Gasteiger partial charge in [0.2, 0.25) is 6.29 Å². The highest BCUT2D eigenvalue weighted by Gasteiger charge is 2.26. The van der Waals surface area contributed by atoms with Crippen molar-refractivity contribution in [1.29, 1.82) is 0 Å². The monoisotopic (exact) mass is 299 g/mol. The summed E-state index contributed by atoms with van der Waals surface area (Å²) in [4.78, 5) is 33.4. The molecule has 4 N–H and O–H groups in total. The molecule has 0 heterocycles. The summed E-state index contributed by atoms with van der Waals surface area (Å²) in [6, 6.07) is 0. The van der Waals surface area contributed by atoms with E-state index < -0.39 is 31.1 Å². The quantitative estimate of drug-likeness (QED) is 0.449. The van der Waals surface area contributed by atoms with Crippen LogP contribution in [-0.4, -0.2) is 51.9 Å². The molecule has 0 amide bonds. The van der Waals surface area contributed by atoms with Gasteiger partial charge in [0.1, 0.15) is 0 Å². The Bertz CT molecular complexity index is 434. The number of aliphatic hydroxyl groups excluding tert-OH is 2. The predicted molar refractivity (Wildman–Crippen MR) is 73.3 cm³/mol. The maximum Gasteiger partial charge on any atom is 0.331 e. The number of hydrogen-bond donors (Lipinski definition) is 4. The molecule has 0 aliphatic rings. The van der Waals surface area contributed by atoms with Gasteiger partial charge >= 0.3 is 11.9 Å². The van der Waals surface area contributed by atoms with Crippen LogP contribution in [0.5, 0.6) is 0 Å². The lowest BCUT2D eigenvalue weighted by Gasteiger charge is -2.20. The Kier molecular flexibility index (Phi) is 8.18. The third-order valence-electron chi connectivity index (χ3n) is 3.18. The zero-order valence-corrected chi connectivity index (χ0v) is 11.9. The Balaban J connectivity index is 6.08. The molecular weight excluding hydrogens is 280 g/mol. The topological polar surface area (TPSA) is 132 Å². The molecule has 21 heavy (non-hydrogen) atoms. The fourth-order valence-electron chi connectivity index (χ4n) is 1.96. The first-order valence-corrected chi connectivity index (χ1v) is 6.27. The van der Waals surface area contributed by atoms with E-state index in [4.69, 9.17) is 20.4 Å². The van der Waals surface area contributed by atoms with Gasteiger partial charge < -0.3 is 20.4 Å². The lowest BCUT2D eigenvalue weighted by Crippen LogP contribution is -2.19. The van der Waals surface area contributed by atoms with Crippen molar-refractivity contribution in [3.63, 3.8) is 0 Å². The van der Waals surface area contributed by atoms with Gasteiger partial charge in [-0.1, -0.05) is 0 Å². The van der Waals surface area contributed by atoms with Crippen LogP contribution >= 0.6 is 0 Å². The Morgan fingerprint density at radius 3 is 1.43 bits per heavy atom. The summed E-state index contributed by atoms with van der Waals surface area (Å²) >= 11 is 0. The van der Waals surface area contributed by atoms with Crippen LogP contribution in [0.2, 0.25) is 0 Å². The smallest absolute Gasteiger partial charge is 0.331 e. The van der Waals surface area contributed by atoms with Gasteiger partial charge in [0, 0.05) is 24.4 Å². The second-order valence-electron chi connectivity index (χ2n) is 4.41. The van der Waals surface area contributed by atoms with E-state index in [0.29, 0.717) is 0 Å². The number of aliphatic carboxylic acids is 2. The number of carboxylic acid groups (broad SMARTS) is 2. The minimum atomic E-state index is -1.27. The van der Waals surface area contributed by atoms with Crippen molar-refractivity contribution >= 4 is 18.2 Å². The molecule has 0 aromatic carbocycles. The van der Waals surface area contributed by atoms with Crippen LogP contribution in [0.4, 0.5) is 0 Å². The number of aliphatic hydroxyl groups is 2. The molecule has 0 rings (SSSR count). The van der Waals surface area contributed by atoms with E-state index in [1.54, 1.807) is 6.29 Å². The minimum Gasteiger partial charge on any atom is -0.478 e. The zero-order chi connectivity index (χ0) is 16.6. The van der Waals surface area contributed by atoms with Gasteiger partial charge in [-0.25, -0.2) is 9.59 Å². The molecule has 0 unspecified atom stereocenters. The molecular formula is C14H19O7. The fraction of sp³-hybridized carbons (Fsp3) is 0.500.